The number of fused-ring (bicyclic) bond motifs is 2. The molecule has 3 aromatic rings. The van der Waals surface area contributed by atoms with Crippen LogP contribution in [0.4, 0.5) is 0 Å². The maximum Gasteiger partial charge on any atom is 0.290 e. The van der Waals surface area contributed by atoms with Crippen LogP contribution in [0.25, 0.3) is 11.0 Å². The molecule has 6 nitrogen and oxygen atoms in total. The highest BCUT2D eigenvalue weighted by Crippen LogP contribution is 2.39. The molecule has 1 atom stereocenters. The van der Waals surface area contributed by atoms with Crippen LogP contribution in [-0.4, -0.2) is 49.5 Å². The van der Waals surface area contributed by atoms with E-state index in [-0.39, 0.29) is 17.1 Å². The summed E-state index contributed by atoms with van der Waals surface area (Å²) >= 11 is 6.15. The molecule has 1 aliphatic rings. The van der Waals surface area contributed by atoms with Crippen molar-refractivity contribution in [3.05, 3.63) is 74.6 Å². The fourth-order valence-corrected chi connectivity index (χ4v) is 4.41. The van der Waals surface area contributed by atoms with Gasteiger partial charge in [-0.1, -0.05) is 37.1 Å². The summed E-state index contributed by atoms with van der Waals surface area (Å²) in [5.41, 5.74) is 1.33. The van der Waals surface area contributed by atoms with Crippen LogP contribution >= 0.6 is 11.6 Å². The number of benzene rings is 2. The SMILES string of the molecule is CCCCOc1cccc(C2c3c(oc4ccc(Cl)cc4c3=O)C(=O)N2CCCN(C)C)c1. The van der Waals surface area contributed by atoms with E-state index in [9.17, 15) is 9.59 Å². The van der Waals surface area contributed by atoms with Crippen LogP contribution in [0.15, 0.2) is 51.7 Å². The van der Waals surface area contributed by atoms with Crippen molar-refractivity contribution in [1.82, 2.24) is 9.80 Å². The number of ether oxygens (including phenoxy) is 1. The topological polar surface area (TPSA) is 63.0 Å². The quantitative estimate of drug-likeness (QED) is 0.408. The molecule has 1 amide bonds. The van der Waals surface area contributed by atoms with Crippen molar-refractivity contribution in [2.24, 2.45) is 0 Å². The largest absolute Gasteiger partial charge is 0.494 e. The van der Waals surface area contributed by atoms with Crippen molar-refractivity contribution in [1.29, 1.82) is 0 Å². The predicted molar refractivity (Wildman–Crippen MR) is 130 cm³/mol. The van der Waals surface area contributed by atoms with Gasteiger partial charge in [0, 0.05) is 11.6 Å². The molecule has 4 rings (SSSR count). The van der Waals surface area contributed by atoms with E-state index in [1.165, 1.54) is 0 Å². The Balaban J connectivity index is 1.81. The van der Waals surface area contributed by atoms with Gasteiger partial charge in [-0.2, -0.15) is 0 Å². The molecule has 0 spiro atoms. The molecule has 7 heteroatoms. The number of hydrogen-bond acceptors (Lipinski definition) is 5. The summed E-state index contributed by atoms with van der Waals surface area (Å²) in [4.78, 5) is 30.8. The van der Waals surface area contributed by atoms with Gasteiger partial charge in [0.2, 0.25) is 5.76 Å². The van der Waals surface area contributed by atoms with Crippen molar-refractivity contribution in [2.45, 2.75) is 32.2 Å². The third-order valence-corrected chi connectivity index (χ3v) is 6.11. The molecular weight excluding hydrogens is 440 g/mol. The average Bonchev–Trinajstić information content (AvgIpc) is 3.07. The van der Waals surface area contributed by atoms with E-state index in [4.69, 9.17) is 20.8 Å². The molecule has 33 heavy (non-hydrogen) atoms. The fourth-order valence-electron chi connectivity index (χ4n) is 4.24. The Hall–Kier alpha value is -2.83. The van der Waals surface area contributed by atoms with Crippen molar-refractivity contribution in [3.63, 3.8) is 0 Å². The molecule has 0 aliphatic carbocycles. The summed E-state index contributed by atoms with van der Waals surface area (Å²) in [7, 11) is 3.99. The molecular formula is C26H29ClN2O4. The van der Waals surface area contributed by atoms with E-state index in [2.05, 4.69) is 11.8 Å². The van der Waals surface area contributed by atoms with Gasteiger partial charge >= 0.3 is 0 Å². The number of amides is 1. The van der Waals surface area contributed by atoms with E-state index in [1.54, 1.807) is 23.1 Å². The van der Waals surface area contributed by atoms with E-state index in [0.717, 1.165) is 37.1 Å². The van der Waals surface area contributed by atoms with Gasteiger partial charge in [-0.25, -0.2) is 0 Å². The van der Waals surface area contributed by atoms with E-state index >= 15 is 0 Å². The minimum absolute atomic E-state index is 0.113. The van der Waals surface area contributed by atoms with Gasteiger partial charge in [0.1, 0.15) is 11.3 Å². The van der Waals surface area contributed by atoms with Gasteiger partial charge in [0.05, 0.1) is 23.6 Å². The third-order valence-electron chi connectivity index (χ3n) is 5.87. The Labute approximate surface area is 198 Å². The second-order valence-corrected chi connectivity index (χ2v) is 9.08. The van der Waals surface area contributed by atoms with Crippen LogP contribution < -0.4 is 10.2 Å². The van der Waals surface area contributed by atoms with Gasteiger partial charge < -0.3 is 19.0 Å². The fraction of sp³-hybridized carbons (Fsp3) is 0.385. The van der Waals surface area contributed by atoms with E-state index in [0.29, 0.717) is 34.7 Å². The Morgan fingerprint density at radius 1 is 1.12 bits per heavy atom. The minimum Gasteiger partial charge on any atom is -0.494 e. The zero-order valence-electron chi connectivity index (χ0n) is 19.3. The summed E-state index contributed by atoms with van der Waals surface area (Å²) in [6.45, 7) is 4.07. The van der Waals surface area contributed by atoms with Gasteiger partial charge in [-0.15, -0.1) is 0 Å². The van der Waals surface area contributed by atoms with Crippen LogP contribution in [-0.2, 0) is 0 Å². The third kappa shape index (κ3) is 4.77. The number of nitrogens with zero attached hydrogens (tertiary/aromatic N) is 2. The first-order valence-electron chi connectivity index (χ1n) is 11.4. The summed E-state index contributed by atoms with van der Waals surface area (Å²) in [6.07, 6.45) is 2.78. The lowest BCUT2D eigenvalue weighted by atomic mass is 9.98. The highest BCUT2D eigenvalue weighted by Gasteiger charge is 2.42. The van der Waals surface area contributed by atoms with E-state index < -0.39 is 6.04 Å². The molecule has 2 aromatic carbocycles. The maximum absolute atomic E-state index is 13.6. The second kappa shape index (κ2) is 9.98. The number of rotatable bonds is 9. The molecule has 1 aromatic heterocycles. The number of unbranched alkanes of at least 4 members (excludes halogenated alkanes) is 1. The van der Waals surface area contributed by atoms with E-state index in [1.807, 2.05) is 38.4 Å². The highest BCUT2D eigenvalue weighted by molar-refractivity contribution is 6.31. The molecule has 2 heterocycles. The summed E-state index contributed by atoms with van der Waals surface area (Å²) < 4.78 is 11.9. The number of hydrogen-bond donors (Lipinski definition) is 0. The normalized spacial score (nSPS) is 15.5. The van der Waals surface area contributed by atoms with Crippen molar-refractivity contribution in [3.8, 4) is 5.75 Å². The Morgan fingerprint density at radius 3 is 2.70 bits per heavy atom. The first-order chi connectivity index (χ1) is 15.9. The van der Waals surface area contributed by atoms with Crippen LogP contribution in [0.3, 0.4) is 0 Å². The van der Waals surface area contributed by atoms with Crippen LogP contribution in [0.1, 0.15) is 53.9 Å². The molecule has 0 fully saturated rings. The van der Waals surface area contributed by atoms with Crippen molar-refractivity contribution in [2.75, 3.05) is 33.8 Å². The molecule has 0 saturated heterocycles. The van der Waals surface area contributed by atoms with Gasteiger partial charge in [-0.3, -0.25) is 9.59 Å². The molecule has 0 radical (unpaired) electrons. The predicted octanol–water partition coefficient (Wildman–Crippen LogP) is 5.12. The molecule has 0 bridgehead atoms. The van der Waals surface area contributed by atoms with Gasteiger partial charge in [0.15, 0.2) is 5.43 Å². The standard InChI is InChI=1S/C26H29ClN2O4/c1-4-5-14-32-19-9-6-8-17(15-19)23-22-24(30)20-16-18(27)10-11-21(20)33-25(22)26(31)29(23)13-7-12-28(2)3/h6,8-11,15-16,23H,4-5,7,12-14H2,1-3H3. The van der Waals surface area contributed by atoms with Gasteiger partial charge in [-0.05, 0) is 69.4 Å². The first-order valence-corrected chi connectivity index (χ1v) is 11.7. The van der Waals surface area contributed by atoms with Crippen LogP contribution in [0, 0.1) is 0 Å². The molecule has 0 N–H and O–H groups in total. The smallest absolute Gasteiger partial charge is 0.290 e. The van der Waals surface area contributed by atoms with Crippen LogP contribution in [0.2, 0.25) is 5.02 Å². The summed E-state index contributed by atoms with van der Waals surface area (Å²) in [6, 6.07) is 12.0. The average molecular weight is 469 g/mol. The Kier molecular flexibility index (Phi) is 7.05. The second-order valence-electron chi connectivity index (χ2n) is 8.65. The minimum atomic E-state index is -0.538. The molecule has 1 unspecified atom stereocenters. The Bertz CT molecular complexity index is 1220. The monoisotopic (exact) mass is 468 g/mol. The van der Waals surface area contributed by atoms with Crippen LogP contribution in [0.5, 0.6) is 5.75 Å². The summed E-state index contributed by atoms with van der Waals surface area (Å²) in [5, 5.41) is 0.828. The lowest BCUT2D eigenvalue weighted by Gasteiger charge is -2.26. The van der Waals surface area contributed by atoms with Crippen molar-refractivity contribution < 1.29 is 13.9 Å². The molecule has 174 valence electrons. The highest BCUT2D eigenvalue weighted by atomic mass is 35.5. The Morgan fingerprint density at radius 2 is 1.94 bits per heavy atom. The number of carbonyl (C=O) groups is 1. The van der Waals surface area contributed by atoms with Crippen molar-refractivity contribution >= 4 is 28.5 Å². The lowest BCUT2D eigenvalue weighted by Crippen LogP contribution is -2.32. The molecule has 0 saturated carbocycles. The van der Waals surface area contributed by atoms with Gasteiger partial charge in [0.25, 0.3) is 5.91 Å². The first kappa shape index (κ1) is 23.3. The summed E-state index contributed by atoms with van der Waals surface area (Å²) in [5.74, 6) is 0.574. The zero-order chi connectivity index (χ0) is 23.5. The lowest BCUT2D eigenvalue weighted by molar-refractivity contribution is 0.0722. The molecule has 1 aliphatic heterocycles. The maximum atomic E-state index is 13.6. The zero-order valence-corrected chi connectivity index (χ0v) is 20.0. The number of halogens is 1. The number of carbonyl (C=O) groups excluding carboxylic acids is 1.